The van der Waals surface area contributed by atoms with Crippen molar-refractivity contribution in [3.05, 3.63) is 12.7 Å². The summed E-state index contributed by atoms with van der Waals surface area (Å²) in [6.07, 6.45) is 4.10. The highest BCUT2D eigenvalue weighted by Crippen LogP contribution is 2.23. The van der Waals surface area contributed by atoms with E-state index in [1.54, 1.807) is 13.0 Å². The maximum absolute atomic E-state index is 12.0. The van der Waals surface area contributed by atoms with Crippen LogP contribution in [0.3, 0.4) is 0 Å². The van der Waals surface area contributed by atoms with Gasteiger partial charge < -0.3 is 5.11 Å². The van der Waals surface area contributed by atoms with Gasteiger partial charge in [0.2, 0.25) is 10.0 Å². The van der Waals surface area contributed by atoms with E-state index in [9.17, 15) is 13.5 Å². The highest BCUT2D eigenvalue weighted by molar-refractivity contribution is 7.89. The molecule has 1 N–H and O–H groups in total. The third-order valence-corrected chi connectivity index (χ3v) is 4.91. The highest BCUT2D eigenvalue weighted by atomic mass is 32.2. The van der Waals surface area contributed by atoms with Crippen LogP contribution in [-0.4, -0.2) is 42.3 Å². The molecule has 1 aliphatic rings. The summed E-state index contributed by atoms with van der Waals surface area (Å²) in [5, 5.41) is 9.61. The Kier molecular flexibility index (Phi) is 4.95. The van der Waals surface area contributed by atoms with Crippen molar-refractivity contribution < 1.29 is 13.5 Å². The minimum Gasteiger partial charge on any atom is -0.392 e. The average Bonchev–Trinajstić information content (AvgIpc) is 2.26. The van der Waals surface area contributed by atoms with E-state index in [-0.39, 0.29) is 11.8 Å². The SMILES string of the molecule is C=CCCS(=O)(=O)N1CCCCC1C(C)O. The van der Waals surface area contributed by atoms with Crippen molar-refractivity contribution in [2.75, 3.05) is 12.3 Å². The van der Waals surface area contributed by atoms with E-state index in [4.69, 9.17) is 0 Å². The topological polar surface area (TPSA) is 57.6 Å². The Balaban J connectivity index is 2.77. The summed E-state index contributed by atoms with van der Waals surface area (Å²) in [6, 6.07) is -0.247. The van der Waals surface area contributed by atoms with Crippen molar-refractivity contribution >= 4 is 10.0 Å². The van der Waals surface area contributed by atoms with Gasteiger partial charge in [0.05, 0.1) is 17.9 Å². The number of hydrogen-bond acceptors (Lipinski definition) is 3. The molecule has 2 atom stereocenters. The number of sulfonamides is 1. The van der Waals surface area contributed by atoms with Gasteiger partial charge in [-0.2, -0.15) is 4.31 Å². The Labute approximate surface area is 98.0 Å². The number of allylic oxidation sites excluding steroid dienone is 1. The fraction of sp³-hybridized carbons (Fsp3) is 0.818. The van der Waals surface area contributed by atoms with Crippen molar-refractivity contribution in [2.24, 2.45) is 0 Å². The van der Waals surface area contributed by atoms with Gasteiger partial charge in [0.1, 0.15) is 0 Å². The fourth-order valence-electron chi connectivity index (χ4n) is 2.11. The molecule has 1 saturated heterocycles. The Morgan fingerprint density at radius 1 is 1.56 bits per heavy atom. The summed E-state index contributed by atoms with van der Waals surface area (Å²) in [5.74, 6) is 0.0969. The molecule has 2 unspecified atom stereocenters. The van der Waals surface area contributed by atoms with Gasteiger partial charge in [-0.3, -0.25) is 0 Å². The Morgan fingerprint density at radius 2 is 2.25 bits per heavy atom. The van der Waals surface area contributed by atoms with Crippen molar-refractivity contribution in [3.63, 3.8) is 0 Å². The first kappa shape index (κ1) is 13.7. The Bertz CT molecular complexity index is 324. The highest BCUT2D eigenvalue weighted by Gasteiger charge is 2.34. The number of piperidine rings is 1. The lowest BCUT2D eigenvalue weighted by atomic mass is 10.0. The van der Waals surface area contributed by atoms with E-state index in [0.717, 1.165) is 19.3 Å². The lowest BCUT2D eigenvalue weighted by Crippen LogP contribution is -2.49. The molecule has 4 nitrogen and oxygen atoms in total. The largest absolute Gasteiger partial charge is 0.392 e. The van der Waals surface area contributed by atoms with Gasteiger partial charge in [-0.25, -0.2) is 8.42 Å². The van der Waals surface area contributed by atoms with Gasteiger partial charge in [0, 0.05) is 6.54 Å². The molecular weight excluding hydrogens is 226 g/mol. The molecule has 94 valence electrons. The smallest absolute Gasteiger partial charge is 0.214 e. The zero-order valence-corrected chi connectivity index (χ0v) is 10.6. The molecule has 0 aromatic carbocycles. The van der Waals surface area contributed by atoms with Crippen LogP contribution in [0.1, 0.15) is 32.6 Å². The second-order valence-electron chi connectivity index (χ2n) is 4.31. The molecule has 0 amide bonds. The molecular formula is C11H21NO3S. The van der Waals surface area contributed by atoms with Crippen LogP contribution < -0.4 is 0 Å². The zero-order valence-electron chi connectivity index (χ0n) is 9.80. The minimum atomic E-state index is -3.24. The van der Waals surface area contributed by atoms with E-state index in [1.165, 1.54) is 4.31 Å². The van der Waals surface area contributed by atoms with Crippen LogP contribution in [0.15, 0.2) is 12.7 Å². The van der Waals surface area contributed by atoms with E-state index in [1.807, 2.05) is 0 Å². The standard InChI is InChI=1S/C11H21NO3S/c1-3-4-9-16(14,15)12-8-6-5-7-11(12)10(2)13/h3,10-11,13H,1,4-9H2,2H3. The number of nitrogens with zero attached hydrogens (tertiary/aromatic N) is 1. The molecule has 1 aliphatic heterocycles. The first-order valence-corrected chi connectivity index (χ1v) is 7.38. The maximum Gasteiger partial charge on any atom is 0.214 e. The van der Waals surface area contributed by atoms with Crippen LogP contribution in [-0.2, 0) is 10.0 Å². The first-order valence-electron chi connectivity index (χ1n) is 5.77. The monoisotopic (exact) mass is 247 g/mol. The second-order valence-corrected chi connectivity index (χ2v) is 6.35. The van der Waals surface area contributed by atoms with E-state index in [0.29, 0.717) is 13.0 Å². The van der Waals surface area contributed by atoms with Crippen LogP contribution in [0, 0.1) is 0 Å². The van der Waals surface area contributed by atoms with Crippen molar-refractivity contribution in [1.29, 1.82) is 0 Å². The fourth-order valence-corrected chi connectivity index (χ4v) is 3.91. The van der Waals surface area contributed by atoms with Crippen LogP contribution in [0.2, 0.25) is 0 Å². The summed E-state index contributed by atoms with van der Waals surface area (Å²) in [5.41, 5.74) is 0. The van der Waals surface area contributed by atoms with E-state index in [2.05, 4.69) is 6.58 Å². The Hall–Kier alpha value is -0.390. The Morgan fingerprint density at radius 3 is 2.81 bits per heavy atom. The molecule has 0 aliphatic carbocycles. The van der Waals surface area contributed by atoms with Crippen LogP contribution >= 0.6 is 0 Å². The average molecular weight is 247 g/mol. The van der Waals surface area contributed by atoms with Gasteiger partial charge >= 0.3 is 0 Å². The van der Waals surface area contributed by atoms with Crippen molar-refractivity contribution in [2.45, 2.75) is 44.8 Å². The number of rotatable bonds is 5. The van der Waals surface area contributed by atoms with Crippen LogP contribution in [0.5, 0.6) is 0 Å². The molecule has 0 saturated carbocycles. The molecule has 1 heterocycles. The minimum absolute atomic E-state index is 0.0969. The second kappa shape index (κ2) is 5.80. The number of hydrogen-bond donors (Lipinski definition) is 1. The van der Waals surface area contributed by atoms with Gasteiger partial charge in [-0.05, 0) is 26.2 Å². The maximum atomic E-state index is 12.0. The van der Waals surface area contributed by atoms with E-state index >= 15 is 0 Å². The van der Waals surface area contributed by atoms with E-state index < -0.39 is 16.1 Å². The van der Waals surface area contributed by atoms with Gasteiger partial charge in [0.25, 0.3) is 0 Å². The molecule has 0 aromatic heterocycles. The molecule has 1 rings (SSSR count). The summed E-state index contributed by atoms with van der Waals surface area (Å²) in [7, 11) is -3.24. The number of aliphatic hydroxyl groups excluding tert-OH is 1. The normalized spacial score (nSPS) is 25.2. The molecule has 16 heavy (non-hydrogen) atoms. The lowest BCUT2D eigenvalue weighted by molar-refractivity contribution is 0.0831. The third kappa shape index (κ3) is 3.30. The summed E-state index contributed by atoms with van der Waals surface area (Å²) < 4.78 is 25.5. The molecule has 0 spiro atoms. The van der Waals surface area contributed by atoms with Gasteiger partial charge in [0.15, 0.2) is 0 Å². The number of aliphatic hydroxyl groups is 1. The third-order valence-electron chi connectivity index (χ3n) is 2.99. The summed E-state index contributed by atoms with van der Waals surface area (Å²) in [4.78, 5) is 0. The zero-order chi connectivity index (χ0) is 12.2. The molecule has 1 fully saturated rings. The molecule has 0 aromatic rings. The predicted octanol–water partition coefficient (Wildman–Crippen LogP) is 1.13. The molecule has 0 radical (unpaired) electrons. The van der Waals surface area contributed by atoms with Gasteiger partial charge in [-0.15, -0.1) is 6.58 Å². The quantitative estimate of drug-likeness (QED) is 0.741. The lowest BCUT2D eigenvalue weighted by Gasteiger charge is -2.36. The first-order chi connectivity index (χ1) is 7.49. The molecule has 0 bridgehead atoms. The predicted molar refractivity (Wildman–Crippen MR) is 64.6 cm³/mol. The molecule has 5 heteroatoms. The van der Waals surface area contributed by atoms with Crippen LogP contribution in [0.25, 0.3) is 0 Å². The summed E-state index contributed by atoms with van der Waals surface area (Å²) >= 11 is 0. The van der Waals surface area contributed by atoms with Crippen molar-refractivity contribution in [3.8, 4) is 0 Å². The van der Waals surface area contributed by atoms with Gasteiger partial charge in [-0.1, -0.05) is 12.5 Å². The van der Waals surface area contributed by atoms with Crippen molar-refractivity contribution in [1.82, 2.24) is 4.31 Å². The van der Waals surface area contributed by atoms with Crippen LogP contribution in [0.4, 0.5) is 0 Å². The summed E-state index contributed by atoms with van der Waals surface area (Å²) in [6.45, 7) is 5.73.